The molecule has 1 aliphatic heterocycles. The van der Waals surface area contributed by atoms with Crippen molar-refractivity contribution in [3.05, 3.63) is 48.9 Å². The third kappa shape index (κ3) is 6.22. The van der Waals surface area contributed by atoms with Crippen LogP contribution in [0.1, 0.15) is 75.7 Å². The second-order valence-electron chi connectivity index (χ2n) is 6.19. The first-order chi connectivity index (χ1) is 10.4. The second kappa shape index (κ2) is 10.00. The minimum Gasteiger partial charge on any atom is -0.372 e. The van der Waals surface area contributed by atoms with Gasteiger partial charge in [-0.05, 0) is 43.6 Å². The van der Waals surface area contributed by atoms with Crippen LogP contribution in [0.2, 0.25) is 0 Å². The van der Waals surface area contributed by atoms with Gasteiger partial charge in [-0.15, -0.1) is 0 Å². The molecule has 0 aromatic heterocycles. The summed E-state index contributed by atoms with van der Waals surface area (Å²) < 4.78 is 6.03. The third-order valence-electron chi connectivity index (χ3n) is 4.50. The standard InChI is InChI=1S/C20H30O/c1-2-11-18(19-12-7-6-8-13-19)15-16-20-14-9-4-3-5-10-17-21-20/h6-8,12-13,18H,1-5,9-11,14-17H2. The van der Waals surface area contributed by atoms with Gasteiger partial charge in [0.15, 0.2) is 0 Å². The van der Waals surface area contributed by atoms with E-state index >= 15 is 0 Å². The van der Waals surface area contributed by atoms with Crippen LogP contribution < -0.4 is 0 Å². The Kier molecular flexibility index (Phi) is 7.88. The van der Waals surface area contributed by atoms with Crippen LogP contribution in [-0.4, -0.2) is 6.61 Å². The van der Waals surface area contributed by atoms with Gasteiger partial charge in [0.25, 0.3) is 0 Å². The zero-order valence-electron chi connectivity index (χ0n) is 13.4. The quantitative estimate of drug-likeness (QED) is 0.617. The maximum Gasteiger partial charge on any atom is 0.0971 e. The molecular formula is C20H30O. The van der Waals surface area contributed by atoms with Crippen LogP contribution >= 0.6 is 0 Å². The fraction of sp³-hybridized carbons (Fsp3) is 0.600. The third-order valence-corrected chi connectivity index (χ3v) is 4.50. The predicted molar refractivity (Wildman–Crippen MR) is 89.9 cm³/mol. The lowest BCUT2D eigenvalue weighted by atomic mass is 9.88. The highest BCUT2D eigenvalue weighted by Gasteiger charge is 2.16. The molecule has 1 fully saturated rings. The summed E-state index contributed by atoms with van der Waals surface area (Å²) in [4.78, 5) is 0. The average Bonchev–Trinajstić information content (AvgIpc) is 2.66. The van der Waals surface area contributed by atoms with E-state index < -0.39 is 0 Å². The van der Waals surface area contributed by atoms with Gasteiger partial charge in [-0.25, -0.2) is 0 Å². The Hall–Kier alpha value is -0.820. The molecule has 0 aliphatic carbocycles. The van der Waals surface area contributed by atoms with Gasteiger partial charge < -0.3 is 4.74 Å². The first-order valence-corrected chi connectivity index (χ1v) is 8.72. The lowest BCUT2D eigenvalue weighted by Crippen LogP contribution is -2.08. The molecule has 1 nitrogen and oxygen atoms in total. The number of ether oxygens (including phenoxy) is 1. The van der Waals surface area contributed by atoms with Gasteiger partial charge in [0.05, 0.1) is 6.10 Å². The Morgan fingerprint density at radius 1 is 0.952 bits per heavy atom. The summed E-state index contributed by atoms with van der Waals surface area (Å²) in [5.74, 6) is 0.632. The van der Waals surface area contributed by atoms with Crippen molar-refractivity contribution < 1.29 is 4.74 Å². The lowest BCUT2D eigenvalue weighted by molar-refractivity contribution is 0.122. The molecule has 1 aromatic carbocycles. The molecule has 1 aromatic rings. The Morgan fingerprint density at radius 3 is 2.52 bits per heavy atom. The van der Waals surface area contributed by atoms with Gasteiger partial charge in [-0.2, -0.15) is 0 Å². The predicted octanol–water partition coefficient (Wildman–Crippen LogP) is 6.07. The summed E-state index contributed by atoms with van der Waals surface area (Å²) >= 11 is 0. The molecule has 0 amide bonds. The molecule has 2 radical (unpaired) electrons. The van der Waals surface area contributed by atoms with Crippen LogP contribution in [-0.2, 0) is 4.74 Å². The van der Waals surface area contributed by atoms with Crippen molar-refractivity contribution in [1.82, 2.24) is 0 Å². The van der Waals surface area contributed by atoms with Gasteiger partial charge >= 0.3 is 0 Å². The van der Waals surface area contributed by atoms with E-state index in [2.05, 4.69) is 37.3 Å². The molecule has 1 heteroatoms. The van der Waals surface area contributed by atoms with Crippen molar-refractivity contribution in [2.24, 2.45) is 0 Å². The monoisotopic (exact) mass is 286 g/mol. The van der Waals surface area contributed by atoms with Crippen LogP contribution in [0.15, 0.2) is 30.3 Å². The van der Waals surface area contributed by atoms with E-state index in [-0.39, 0.29) is 0 Å². The molecule has 1 saturated heterocycles. The van der Waals surface area contributed by atoms with E-state index in [9.17, 15) is 0 Å². The molecular weight excluding hydrogens is 256 g/mol. The smallest absolute Gasteiger partial charge is 0.0971 e. The topological polar surface area (TPSA) is 9.23 Å². The summed E-state index contributed by atoms with van der Waals surface area (Å²) in [7, 11) is 0. The maximum atomic E-state index is 6.03. The van der Waals surface area contributed by atoms with E-state index in [0.717, 1.165) is 19.4 Å². The molecule has 0 saturated carbocycles. The zero-order valence-corrected chi connectivity index (χ0v) is 13.4. The molecule has 1 unspecified atom stereocenters. The van der Waals surface area contributed by atoms with Gasteiger partial charge in [0.2, 0.25) is 0 Å². The van der Waals surface area contributed by atoms with E-state index in [1.54, 1.807) is 0 Å². The number of rotatable bonds is 6. The van der Waals surface area contributed by atoms with E-state index in [1.807, 2.05) is 0 Å². The van der Waals surface area contributed by atoms with Crippen LogP contribution in [0.5, 0.6) is 0 Å². The SMILES string of the molecule is [CH2]CCC(CC[C]1CCCCCCCO1)c1ccccc1. The molecule has 21 heavy (non-hydrogen) atoms. The number of hydrogen-bond acceptors (Lipinski definition) is 1. The number of benzene rings is 1. The first kappa shape index (κ1) is 16.5. The molecule has 1 heterocycles. The van der Waals surface area contributed by atoms with Gasteiger partial charge in [-0.3, -0.25) is 0 Å². The first-order valence-electron chi connectivity index (χ1n) is 8.72. The molecule has 1 aliphatic rings. The Bertz CT molecular complexity index is 349. The van der Waals surface area contributed by atoms with E-state index in [4.69, 9.17) is 4.74 Å². The van der Waals surface area contributed by atoms with Crippen molar-refractivity contribution in [3.8, 4) is 0 Å². The molecule has 0 N–H and O–H groups in total. The molecule has 0 bridgehead atoms. The Morgan fingerprint density at radius 2 is 1.71 bits per heavy atom. The van der Waals surface area contributed by atoms with Crippen molar-refractivity contribution in [2.75, 3.05) is 6.61 Å². The summed E-state index contributed by atoms with van der Waals surface area (Å²) in [5, 5.41) is 0. The van der Waals surface area contributed by atoms with E-state index in [1.165, 1.54) is 63.0 Å². The Balaban J connectivity index is 1.85. The molecule has 0 spiro atoms. The highest BCUT2D eigenvalue weighted by Crippen LogP contribution is 2.31. The normalized spacial score (nSPS) is 19.5. The second-order valence-corrected chi connectivity index (χ2v) is 6.19. The fourth-order valence-corrected chi connectivity index (χ4v) is 3.22. The molecule has 2 rings (SSSR count). The van der Waals surface area contributed by atoms with Gasteiger partial charge in [0, 0.05) is 6.61 Å². The molecule has 1 atom stereocenters. The van der Waals surface area contributed by atoms with Crippen LogP contribution in [0.4, 0.5) is 0 Å². The molecule has 116 valence electrons. The van der Waals surface area contributed by atoms with Crippen molar-refractivity contribution in [3.63, 3.8) is 0 Å². The van der Waals surface area contributed by atoms with Gasteiger partial charge in [-0.1, -0.05) is 69.4 Å². The minimum atomic E-state index is 0.632. The van der Waals surface area contributed by atoms with Crippen LogP contribution in [0.25, 0.3) is 0 Å². The number of hydrogen-bond donors (Lipinski definition) is 0. The van der Waals surface area contributed by atoms with Crippen molar-refractivity contribution in [1.29, 1.82) is 0 Å². The highest BCUT2D eigenvalue weighted by atomic mass is 16.5. The van der Waals surface area contributed by atoms with Gasteiger partial charge in [0.1, 0.15) is 0 Å². The van der Waals surface area contributed by atoms with E-state index in [0.29, 0.717) is 5.92 Å². The Labute approximate surface area is 131 Å². The van der Waals surface area contributed by atoms with Crippen molar-refractivity contribution >= 4 is 0 Å². The summed E-state index contributed by atoms with van der Waals surface area (Å²) in [6.07, 6.45) is 13.7. The summed E-state index contributed by atoms with van der Waals surface area (Å²) in [5.41, 5.74) is 1.46. The summed E-state index contributed by atoms with van der Waals surface area (Å²) in [6, 6.07) is 10.9. The maximum absolute atomic E-state index is 6.03. The average molecular weight is 286 g/mol. The van der Waals surface area contributed by atoms with Crippen LogP contribution in [0, 0.1) is 13.0 Å². The van der Waals surface area contributed by atoms with Crippen LogP contribution in [0.3, 0.4) is 0 Å². The summed E-state index contributed by atoms with van der Waals surface area (Å²) in [6.45, 7) is 4.98. The fourth-order valence-electron chi connectivity index (χ4n) is 3.22. The van der Waals surface area contributed by atoms with Crippen molar-refractivity contribution in [2.45, 2.75) is 70.1 Å². The minimum absolute atomic E-state index is 0.632. The largest absolute Gasteiger partial charge is 0.372 e. The lowest BCUT2D eigenvalue weighted by Gasteiger charge is -2.21. The zero-order chi connectivity index (χ0) is 14.8. The highest BCUT2D eigenvalue weighted by molar-refractivity contribution is 5.19.